The van der Waals surface area contributed by atoms with E-state index in [1.54, 1.807) is 37.3 Å². The first-order valence-electron chi connectivity index (χ1n) is 11.0. The van der Waals surface area contributed by atoms with Gasteiger partial charge in [-0.25, -0.2) is 4.68 Å². The summed E-state index contributed by atoms with van der Waals surface area (Å²) in [5.74, 6) is -0.537. The molecule has 0 bridgehead atoms. The van der Waals surface area contributed by atoms with Crippen molar-refractivity contribution in [2.45, 2.75) is 25.8 Å². The largest absolute Gasteiger partial charge is 0.352 e. The van der Waals surface area contributed by atoms with E-state index >= 15 is 0 Å². The van der Waals surface area contributed by atoms with Crippen LogP contribution in [-0.4, -0.2) is 40.6 Å². The van der Waals surface area contributed by atoms with Crippen LogP contribution in [0.4, 0.5) is 5.69 Å². The number of nitrogens with zero attached hydrogens (tertiary/aromatic N) is 2. The van der Waals surface area contributed by atoms with Gasteiger partial charge in [0.05, 0.1) is 4.88 Å². The molecule has 1 saturated carbocycles. The Labute approximate surface area is 200 Å². The van der Waals surface area contributed by atoms with Crippen LogP contribution in [-0.2, 0) is 9.59 Å². The molecule has 1 unspecified atom stereocenters. The zero-order chi connectivity index (χ0) is 24.1. The molecule has 0 saturated heterocycles. The molecule has 0 radical (unpaired) electrons. The Hall–Kier alpha value is -3.79. The molecule has 1 fully saturated rings. The monoisotopic (exact) mass is 479 g/mol. The van der Waals surface area contributed by atoms with Gasteiger partial charge in [0.15, 0.2) is 0 Å². The van der Waals surface area contributed by atoms with E-state index in [1.807, 2.05) is 17.5 Å². The molecule has 4 rings (SSSR count). The highest BCUT2D eigenvalue weighted by Crippen LogP contribution is 2.30. The molecule has 176 valence electrons. The lowest BCUT2D eigenvalue weighted by atomic mass is 10.2. The molecule has 10 heteroatoms. The normalized spacial score (nSPS) is 13.7. The van der Waals surface area contributed by atoms with E-state index in [2.05, 4.69) is 21.0 Å². The van der Waals surface area contributed by atoms with Gasteiger partial charge in [0.25, 0.3) is 11.5 Å². The molecule has 3 aromatic rings. The number of hydrogen-bond acceptors (Lipinski definition) is 6. The number of benzene rings is 1. The van der Waals surface area contributed by atoms with Gasteiger partial charge in [0.2, 0.25) is 11.8 Å². The van der Waals surface area contributed by atoms with E-state index in [1.165, 1.54) is 17.4 Å². The van der Waals surface area contributed by atoms with E-state index in [-0.39, 0.29) is 42.3 Å². The molecule has 9 nitrogen and oxygen atoms in total. The summed E-state index contributed by atoms with van der Waals surface area (Å²) in [6, 6.07) is 12.7. The van der Waals surface area contributed by atoms with E-state index in [0.717, 1.165) is 22.4 Å². The minimum atomic E-state index is -0.804. The Morgan fingerprint density at radius 2 is 1.79 bits per heavy atom. The van der Waals surface area contributed by atoms with Crippen molar-refractivity contribution >= 4 is 34.7 Å². The van der Waals surface area contributed by atoms with Crippen LogP contribution in [0.2, 0.25) is 0 Å². The van der Waals surface area contributed by atoms with Crippen LogP contribution in [0, 0.1) is 5.92 Å². The van der Waals surface area contributed by atoms with Gasteiger partial charge in [-0.15, -0.1) is 11.3 Å². The molecular formula is C24H25N5O4S. The van der Waals surface area contributed by atoms with Crippen LogP contribution >= 0.6 is 11.3 Å². The molecule has 1 atom stereocenters. The summed E-state index contributed by atoms with van der Waals surface area (Å²) >= 11 is 1.50. The Morgan fingerprint density at radius 1 is 1.06 bits per heavy atom. The lowest BCUT2D eigenvalue weighted by Gasteiger charge is -2.15. The lowest BCUT2D eigenvalue weighted by molar-refractivity contribution is -0.124. The number of carbonyl (C=O) groups is 3. The second kappa shape index (κ2) is 10.4. The van der Waals surface area contributed by atoms with E-state index in [9.17, 15) is 19.2 Å². The van der Waals surface area contributed by atoms with Gasteiger partial charge in [-0.1, -0.05) is 6.07 Å². The van der Waals surface area contributed by atoms with E-state index < -0.39 is 6.04 Å². The number of anilines is 1. The first kappa shape index (κ1) is 23.4. The van der Waals surface area contributed by atoms with Crippen molar-refractivity contribution in [1.29, 1.82) is 0 Å². The van der Waals surface area contributed by atoms with Crippen LogP contribution in [0.5, 0.6) is 0 Å². The quantitative estimate of drug-likeness (QED) is 0.407. The maximum absolute atomic E-state index is 12.5. The summed E-state index contributed by atoms with van der Waals surface area (Å²) in [5, 5.41) is 14.5. The van der Waals surface area contributed by atoms with Gasteiger partial charge in [-0.2, -0.15) is 5.10 Å². The Balaban J connectivity index is 1.24. The van der Waals surface area contributed by atoms with Gasteiger partial charge < -0.3 is 16.0 Å². The van der Waals surface area contributed by atoms with Gasteiger partial charge in [-0.05, 0) is 61.5 Å². The highest BCUT2D eigenvalue weighted by Gasteiger charge is 2.29. The molecule has 2 aromatic heterocycles. The smallest absolute Gasteiger partial charge is 0.267 e. The maximum Gasteiger partial charge on any atom is 0.267 e. The highest BCUT2D eigenvalue weighted by atomic mass is 32.1. The summed E-state index contributed by atoms with van der Waals surface area (Å²) in [7, 11) is 0. The molecule has 1 aromatic carbocycles. The standard InChI is InChI=1S/C24H25N5O4S/c1-15(29-21(30)11-10-19(28-29)20-3-2-14-34-20)22(31)25-12-13-26-23(32)16-6-8-18(9-7-16)27-24(33)17-4-5-17/h2-3,6-11,14-15,17H,4-5,12-13H2,1H3,(H,25,31)(H,26,32)(H,27,33). The third-order valence-electron chi connectivity index (χ3n) is 5.42. The maximum atomic E-state index is 12.5. The van der Waals surface area contributed by atoms with E-state index in [0.29, 0.717) is 16.9 Å². The summed E-state index contributed by atoms with van der Waals surface area (Å²) in [4.78, 5) is 49.8. The topological polar surface area (TPSA) is 122 Å². The highest BCUT2D eigenvalue weighted by molar-refractivity contribution is 7.13. The van der Waals surface area contributed by atoms with Gasteiger partial charge in [0.1, 0.15) is 11.7 Å². The fourth-order valence-electron chi connectivity index (χ4n) is 3.28. The van der Waals surface area contributed by atoms with Gasteiger partial charge in [0, 0.05) is 36.3 Å². The Morgan fingerprint density at radius 3 is 2.47 bits per heavy atom. The first-order chi connectivity index (χ1) is 16.4. The molecule has 34 heavy (non-hydrogen) atoms. The SMILES string of the molecule is CC(C(=O)NCCNC(=O)c1ccc(NC(=O)C2CC2)cc1)n1nc(-c2cccs2)ccc1=O. The van der Waals surface area contributed by atoms with Gasteiger partial charge >= 0.3 is 0 Å². The predicted octanol–water partition coefficient (Wildman–Crippen LogP) is 2.43. The number of hydrogen-bond donors (Lipinski definition) is 3. The number of rotatable bonds is 9. The number of amides is 3. The van der Waals surface area contributed by atoms with Crippen molar-refractivity contribution in [2.75, 3.05) is 18.4 Å². The van der Waals surface area contributed by atoms with Crippen LogP contribution in [0.3, 0.4) is 0 Å². The summed E-state index contributed by atoms with van der Waals surface area (Å²) in [6.07, 6.45) is 1.85. The molecule has 2 heterocycles. The zero-order valence-corrected chi connectivity index (χ0v) is 19.4. The lowest BCUT2D eigenvalue weighted by Crippen LogP contribution is -2.40. The van der Waals surface area contributed by atoms with Crippen LogP contribution < -0.4 is 21.5 Å². The molecule has 0 spiro atoms. The van der Waals surface area contributed by atoms with E-state index in [4.69, 9.17) is 0 Å². The second-order valence-electron chi connectivity index (χ2n) is 8.04. The van der Waals surface area contributed by atoms with Crippen molar-refractivity contribution in [3.63, 3.8) is 0 Å². The van der Waals surface area contributed by atoms with Crippen LogP contribution in [0.1, 0.15) is 36.2 Å². The summed E-state index contributed by atoms with van der Waals surface area (Å²) < 4.78 is 1.16. The predicted molar refractivity (Wildman–Crippen MR) is 130 cm³/mol. The van der Waals surface area contributed by atoms with Crippen molar-refractivity contribution in [2.24, 2.45) is 5.92 Å². The van der Waals surface area contributed by atoms with Crippen molar-refractivity contribution < 1.29 is 14.4 Å². The summed E-state index contributed by atoms with van der Waals surface area (Å²) in [5.41, 5.74) is 1.36. The third-order valence-corrected chi connectivity index (χ3v) is 6.31. The van der Waals surface area contributed by atoms with Crippen molar-refractivity contribution in [3.05, 3.63) is 69.8 Å². The number of aromatic nitrogens is 2. The summed E-state index contributed by atoms with van der Waals surface area (Å²) in [6.45, 7) is 2.02. The molecule has 1 aliphatic rings. The minimum Gasteiger partial charge on any atom is -0.352 e. The fourth-order valence-corrected chi connectivity index (χ4v) is 3.97. The fraction of sp³-hybridized carbons (Fsp3) is 0.292. The first-order valence-corrected chi connectivity index (χ1v) is 11.9. The third kappa shape index (κ3) is 5.76. The van der Waals surface area contributed by atoms with Gasteiger partial charge in [-0.3, -0.25) is 19.2 Å². The molecular weight excluding hydrogens is 454 g/mol. The zero-order valence-electron chi connectivity index (χ0n) is 18.6. The number of thiophene rings is 1. The number of carbonyl (C=O) groups excluding carboxylic acids is 3. The molecule has 3 N–H and O–H groups in total. The Kier molecular flexibility index (Phi) is 7.17. The van der Waals surface area contributed by atoms with Crippen molar-refractivity contribution in [3.8, 4) is 10.6 Å². The molecule has 3 amide bonds. The van der Waals surface area contributed by atoms with Crippen LogP contribution in [0.15, 0.2) is 58.7 Å². The molecule has 1 aliphatic carbocycles. The minimum absolute atomic E-state index is 0.0119. The van der Waals surface area contributed by atoms with Crippen LogP contribution in [0.25, 0.3) is 10.6 Å². The average molecular weight is 480 g/mol. The van der Waals surface area contributed by atoms with Crippen molar-refractivity contribution in [1.82, 2.24) is 20.4 Å². The second-order valence-corrected chi connectivity index (χ2v) is 8.99. The molecule has 0 aliphatic heterocycles. The Bertz CT molecular complexity index is 1230. The average Bonchev–Trinajstić information content (AvgIpc) is 3.56. The number of nitrogens with one attached hydrogen (secondary N) is 3.